The zero-order chi connectivity index (χ0) is 12.9. The lowest BCUT2D eigenvalue weighted by Gasteiger charge is -2.14. The second-order valence-corrected chi connectivity index (χ2v) is 5.88. The van der Waals surface area contributed by atoms with E-state index in [-0.39, 0.29) is 0 Å². The van der Waals surface area contributed by atoms with Crippen LogP contribution in [0.15, 0.2) is 29.2 Å². The number of alkyl halides is 1. The van der Waals surface area contributed by atoms with Crippen molar-refractivity contribution in [2.24, 2.45) is 0 Å². The van der Waals surface area contributed by atoms with Crippen LogP contribution in [0.2, 0.25) is 0 Å². The molecular formula is C15H15ClOS. The lowest BCUT2D eigenvalue weighted by atomic mass is 9.94. The normalized spacial score (nSPS) is 22.4. The smallest absolute Gasteiger partial charge is 0.123 e. The average molecular weight is 279 g/mol. The van der Waals surface area contributed by atoms with E-state index >= 15 is 0 Å². The zero-order valence-corrected chi connectivity index (χ0v) is 11.8. The Balaban J connectivity index is 2.44. The number of halogens is 1. The zero-order valence-electron chi connectivity index (χ0n) is 10.2. The summed E-state index contributed by atoms with van der Waals surface area (Å²) in [6, 6.07) is 7.74. The van der Waals surface area contributed by atoms with Crippen molar-refractivity contribution in [3.05, 3.63) is 35.4 Å². The molecule has 0 aliphatic heterocycles. The molecule has 1 aliphatic carbocycles. The van der Waals surface area contributed by atoms with Crippen molar-refractivity contribution in [2.75, 3.05) is 5.88 Å². The van der Waals surface area contributed by atoms with E-state index in [9.17, 15) is 5.11 Å². The first-order valence-electron chi connectivity index (χ1n) is 6.17. The largest absolute Gasteiger partial charge is 0.507 e. The van der Waals surface area contributed by atoms with Crippen molar-refractivity contribution in [2.45, 2.75) is 30.1 Å². The molecule has 2 atom stereocenters. The number of hydrogen-bond donors (Lipinski definition) is 2. The quantitative estimate of drug-likeness (QED) is 0.574. The Morgan fingerprint density at radius 1 is 1.44 bits per heavy atom. The molecule has 3 heteroatoms. The van der Waals surface area contributed by atoms with E-state index in [1.165, 1.54) is 11.1 Å². The van der Waals surface area contributed by atoms with Crippen molar-refractivity contribution < 1.29 is 5.11 Å². The van der Waals surface area contributed by atoms with E-state index < -0.39 is 0 Å². The molecule has 0 aromatic heterocycles. The summed E-state index contributed by atoms with van der Waals surface area (Å²) >= 11 is 10.7. The predicted molar refractivity (Wildman–Crippen MR) is 79.4 cm³/mol. The van der Waals surface area contributed by atoms with Gasteiger partial charge in [-0.25, -0.2) is 0 Å². The van der Waals surface area contributed by atoms with E-state index in [0.29, 0.717) is 23.5 Å². The summed E-state index contributed by atoms with van der Waals surface area (Å²) in [7, 11) is 0. The van der Waals surface area contributed by atoms with Crippen LogP contribution in [0, 0.1) is 0 Å². The highest BCUT2D eigenvalue weighted by Gasteiger charge is 2.31. The van der Waals surface area contributed by atoms with E-state index in [1.54, 1.807) is 0 Å². The van der Waals surface area contributed by atoms with Gasteiger partial charge in [-0.15, -0.1) is 24.2 Å². The highest BCUT2D eigenvalue weighted by Crippen LogP contribution is 2.49. The van der Waals surface area contributed by atoms with Gasteiger partial charge in [0.1, 0.15) is 5.75 Å². The van der Waals surface area contributed by atoms with Gasteiger partial charge in [0.25, 0.3) is 0 Å². The summed E-state index contributed by atoms with van der Waals surface area (Å²) in [6.07, 6.45) is 1.06. The molecule has 3 rings (SSSR count). The SMILES string of the molecule is CC1CC(CCl)c2c1cc(O)c1cccc(S)c21. The third-order valence-corrected chi connectivity index (χ3v) is 4.70. The lowest BCUT2D eigenvalue weighted by Crippen LogP contribution is -1.96. The number of aromatic hydroxyl groups is 1. The first kappa shape index (κ1) is 12.2. The Labute approximate surface area is 117 Å². The van der Waals surface area contributed by atoms with Gasteiger partial charge in [-0.1, -0.05) is 19.1 Å². The summed E-state index contributed by atoms with van der Waals surface area (Å²) < 4.78 is 0. The lowest BCUT2D eigenvalue weighted by molar-refractivity contribution is 0.480. The van der Waals surface area contributed by atoms with Gasteiger partial charge in [-0.2, -0.15) is 0 Å². The molecule has 0 saturated heterocycles. The Morgan fingerprint density at radius 2 is 2.22 bits per heavy atom. The van der Waals surface area contributed by atoms with E-state index in [2.05, 4.69) is 19.6 Å². The number of thiol groups is 1. The minimum atomic E-state index is 0.349. The number of hydrogen-bond acceptors (Lipinski definition) is 2. The molecule has 1 nitrogen and oxygen atoms in total. The Bertz CT molecular complexity index is 623. The molecule has 0 bridgehead atoms. The standard InChI is InChI=1S/C15H15ClOS/c1-8-5-9(7-16)14-11(8)6-12(17)10-3-2-4-13(18)15(10)14/h2-4,6,8-9,17-18H,5,7H2,1H3. The Morgan fingerprint density at radius 3 is 2.94 bits per heavy atom. The van der Waals surface area contributed by atoms with Gasteiger partial charge in [0.15, 0.2) is 0 Å². The minimum absolute atomic E-state index is 0.349. The second kappa shape index (κ2) is 4.36. The van der Waals surface area contributed by atoms with Gasteiger partial charge in [0.2, 0.25) is 0 Å². The maximum Gasteiger partial charge on any atom is 0.123 e. The van der Waals surface area contributed by atoms with Gasteiger partial charge in [-0.3, -0.25) is 0 Å². The van der Waals surface area contributed by atoms with Crippen LogP contribution >= 0.6 is 24.2 Å². The fourth-order valence-electron chi connectivity index (χ4n) is 3.14. The van der Waals surface area contributed by atoms with Gasteiger partial charge in [-0.05, 0) is 41.5 Å². The van der Waals surface area contributed by atoms with Gasteiger partial charge >= 0.3 is 0 Å². The van der Waals surface area contributed by atoms with Crippen LogP contribution < -0.4 is 0 Å². The summed E-state index contributed by atoms with van der Waals surface area (Å²) in [5.74, 6) is 1.79. The molecule has 2 unspecified atom stereocenters. The van der Waals surface area contributed by atoms with Crippen LogP contribution in [-0.2, 0) is 0 Å². The van der Waals surface area contributed by atoms with Crippen LogP contribution in [0.1, 0.15) is 36.3 Å². The van der Waals surface area contributed by atoms with Crippen LogP contribution in [0.5, 0.6) is 5.75 Å². The Kier molecular flexibility index (Phi) is 2.95. The first-order chi connectivity index (χ1) is 8.63. The number of phenolic OH excluding ortho intramolecular Hbond substituents is 1. The molecule has 0 amide bonds. The second-order valence-electron chi connectivity index (χ2n) is 5.09. The number of phenols is 1. The first-order valence-corrected chi connectivity index (χ1v) is 7.15. The number of rotatable bonds is 1. The van der Waals surface area contributed by atoms with Gasteiger partial charge < -0.3 is 5.11 Å². The van der Waals surface area contributed by atoms with Crippen LogP contribution in [0.4, 0.5) is 0 Å². The molecule has 0 heterocycles. The van der Waals surface area contributed by atoms with E-state index in [4.69, 9.17) is 11.6 Å². The summed E-state index contributed by atoms with van der Waals surface area (Å²) in [6.45, 7) is 2.19. The molecule has 0 radical (unpaired) electrons. The Hall–Kier alpha value is -0.860. The molecular weight excluding hydrogens is 264 g/mol. The molecule has 0 spiro atoms. The van der Waals surface area contributed by atoms with Crippen molar-refractivity contribution in [1.29, 1.82) is 0 Å². The predicted octanol–water partition coefficient (Wildman–Crippen LogP) is 4.66. The van der Waals surface area contributed by atoms with Crippen LogP contribution in [-0.4, -0.2) is 11.0 Å². The molecule has 0 saturated carbocycles. The summed E-state index contributed by atoms with van der Waals surface area (Å²) in [4.78, 5) is 0.920. The van der Waals surface area contributed by atoms with E-state index in [1.807, 2.05) is 24.3 Å². The maximum atomic E-state index is 10.2. The average Bonchev–Trinajstić information content (AvgIpc) is 2.67. The van der Waals surface area contributed by atoms with E-state index in [0.717, 1.165) is 22.1 Å². The van der Waals surface area contributed by atoms with Gasteiger partial charge in [0, 0.05) is 21.5 Å². The molecule has 2 aromatic carbocycles. The van der Waals surface area contributed by atoms with Crippen molar-refractivity contribution in [3.8, 4) is 5.75 Å². The number of fused-ring (bicyclic) bond motifs is 3. The van der Waals surface area contributed by atoms with Crippen LogP contribution in [0.25, 0.3) is 10.8 Å². The molecule has 1 aliphatic rings. The molecule has 94 valence electrons. The van der Waals surface area contributed by atoms with Crippen molar-refractivity contribution in [3.63, 3.8) is 0 Å². The minimum Gasteiger partial charge on any atom is -0.507 e. The van der Waals surface area contributed by atoms with Gasteiger partial charge in [0.05, 0.1) is 0 Å². The van der Waals surface area contributed by atoms with Crippen LogP contribution in [0.3, 0.4) is 0 Å². The highest BCUT2D eigenvalue weighted by molar-refractivity contribution is 7.80. The summed E-state index contributed by atoms with van der Waals surface area (Å²) in [5, 5.41) is 12.1. The summed E-state index contributed by atoms with van der Waals surface area (Å²) in [5.41, 5.74) is 2.52. The molecule has 1 N–H and O–H groups in total. The molecule has 0 fully saturated rings. The van der Waals surface area contributed by atoms with Crippen molar-refractivity contribution >= 4 is 35.0 Å². The van der Waals surface area contributed by atoms with Crippen molar-refractivity contribution in [1.82, 2.24) is 0 Å². The molecule has 2 aromatic rings. The third kappa shape index (κ3) is 1.63. The molecule has 18 heavy (non-hydrogen) atoms. The fraction of sp³-hybridized carbons (Fsp3) is 0.333. The maximum absolute atomic E-state index is 10.2. The highest BCUT2D eigenvalue weighted by atomic mass is 35.5. The number of benzene rings is 2. The fourth-order valence-corrected chi connectivity index (χ4v) is 3.75. The topological polar surface area (TPSA) is 20.2 Å². The monoisotopic (exact) mass is 278 g/mol. The third-order valence-electron chi connectivity index (χ3n) is 3.95.